The summed E-state index contributed by atoms with van der Waals surface area (Å²) in [5, 5.41) is 3.46. The van der Waals surface area contributed by atoms with Crippen molar-refractivity contribution in [2.75, 3.05) is 0 Å². The van der Waals surface area contributed by atoms with Crippen molar-refractivity contribution in [1.82, 2.24) is 5.32 Å². The molecule has 0 bridgehead atoms. The first-order valence-electron chi connectivity index (χ1n) is 6.92. The Bertz CT molecular complexity index is 563. The average molecular weight is 336 g/mol. The van der Waals surface area contributed by atoms with Gasteiger partial charge in [-0.25, -0.2) is 0 Å². The van der Waals surface area contributed by atoms with Gasteiger partial charge in [0.2, 0.25) is 0 Å². The largest absolute Gasteiger partial charge is 0.468 e. The van der Waals surface area contributed by atoms with E-state index in [2.05, 4.69) is 33.4 Å². The predicted octanol–water partition coefficient (Wildman–Crippen LogP) is 4.01. The summed E-state index contributed by atoms with van der Waals surface area (Å²) in [7, 11) is 0. The Labute approximate surface area is 127 Å². The highest BCUT2D eigenvalue weighted by atomic mass is 79.9. The molecule has 0 amide bonds. The number of hydrogen-bond donors (Lipinski definition) is 1. The molecule has 1 fully saturated rings. The third-order valence-electron chi connectivity index (χ3n) is 3.38. The lowest BCUT2D eigenvalue weighted by atomic mass is 10.2. The standard InChI is InChI=1S/C16H18BrNO2/c17-14-3-1-2-12(8-14)10-19-11-13-6-7-20-16(13)9-18-15-4-5-15/h1-3,6-8,15,18H,4-5,9-11H2. The number of hydrogen-bond acceptors (Lipinski definition) is 3. The highest BCUT2D eigenvalue weighted by Gasteiger charge is 2.21. The zero-order valence-electron chi connectivity index (χ0n) is 11.3. The Morgan fingerprint density at radius 2 is 2.15 bits per heavy atom. The van der Waals surface area contributed by atoms with Gasteiger partial charge in [-0.3, -0.25) is 0 Å². The summed E-state index contributed by atoms with van der Waals surface area (Å²) in [4.78, 5) is 0. The first-order chi connectivity index (χ1) is 9.81. The molecule has 1 aromatic carbocycles. The first-order valence-corrected chi connectivity index (χ1v) is 7.71. The van der Waals surface area contributed by atoms with Crippen molar-refractivity contribution in [3.8, 4) is 0 Å². The summed E-state index contributed by atoms with van der Waals surface area (Å²) in [5.41, 5.74) is 2.30. The van der Waals surface area contributed by atoms with Crippen molar-refractivity contribution in [3.05, 3.63) is 58.0 Å². The minimum atomic E-state index is 0.588. The van der Waals surface area contributed by atoms with E-state index in [0.29, 0.717) is 19.3 Å². The van der Waals surface area contributed by atoms with Crippen LogP contribution in [0.1, 0.15) is 29.7 Å². The molecule has 0 radical (unpaired) electrons. The lowest BCUT2D eigenvalue weighted by Crippen LogP contribution is -2.15. The third kappa shape index (κ3) is 3.95. The first kappa shape index (κ1) is 13.9. The topological polar surface area (TPSA) is 34.4 Å². The van der Waals surface area contributed by atoms with Gasteiger partial charge in [0.05, 0.1) is 26.0 Å². The molecule has 0 unspecified atom stereocenters. The molecule has 1 aliphatic carbocycles. The lowest BCUT2D eigenvalue weighted by Gasteiger charge is -2.06. The van der Waals surface area contributed by atoms with Crippen molar-refractivity contribution in [3.63, 3.8) is 0 Å². The Morgan fingerprint density at radius 3 is 2.95 bits per heavy atom. The second kappa shape index (κ2) is 6.57. The Hall–Kier alpha value is -1.10. The highest BCUT2D eigenvalue weighted by Crippen LogP contribution is 2.21. The van der Waals surface area contributed by atoms with E-state index >= 15 is 0 Å². The number of furan rings is 1. The fraction of sp³-hybridized carbons (Fsp3) is 0.375. The second-order valence-electron chi connectivity index (χ2n) is 5.15. The van der Waals surface area contributed by atoms with E-state index in [4.69, 9.17) is 9.15 Å². The van der Waals surface area contributed by atoms with Gasteiger partial charge in [0.25, 0.3) is 0 Å². The van der Waals surface area contributed by atoms with E-state index < -0.39 is 0 Å². The van der Waals surface area contributed by atoms with Crippen molar-refractivity contribution in [2.45, 2.75) is 38.6 Å². The van der Waals surface area contributed by atoms with Gasteiger partial charge in [0, 0.05) is 16.1 Å². The van der Waals surface area contributed by atoms with Crippen LogP contribution in [-0.4, -0.2) is 6.04 Å². The summed E-state index contributed by atoms with van der Waals surface area (Å²) in [6.07, 6.45) is 4.31. The van der Waals surface area contributed by atoms with Gasteiger partial charge in [0.15, 0.2) is 0 Å². The summed E-state index contributed by atoms with van der Waals surface area (Å²) in [5.74, 6) is 0.992. The zero-order valence-corrected chi connectivity index (χ0v) is 12.9. The molecular formula is C16H18BrNO2. The number of ether oxygens (including phenoxy) is 1. The molecule has 1 aliphatic rings. The minimum Gasteiger partial charge on any atom is -0.468 e. The molecule has 0 aliphatic heterocycles. The van der Waals surface area contributed by atoms with E-state index in [0.717, 1.165) is 22.3 Å². The van der Waals surface area contributed by atoms with Crippen molar-refractivity contribution >= 4 is 15.9 Å². The maximum Gasteiger partial charge on any atom is 0.123 e. The Morgan fingerprint density at radius 1 is 1.25 bits per heavy atom. The summed E-state index contributed by atoms with van der Waals surface area (Å²) < 4.78 is 12.4. The molecule has 3 rings (SSSR count). The Kier molecular flexibility index (Phi) is 4.55. The van der Waals surface area contributed by atoms with Crippen molar-refractivity contribution in [1.29, 1.82) is 0 Å². The SMILES string of the molecule is Brc1cccc(COCc2ccoc2CNC2CC2)c1. The maximum atomic E-state index is 5.77. The molecule has 106 valence electrons. The molecule has 2 aromatic rings. The van der Waals surface area contributed by atoms with Crippen LogP contribution in [0.4, 0.5) is 0 Å². The molecule has 1 aromatic heterocycles. The van der Waals surface area contributed by atoms with Crippen LogP contribution in [0.3, 0.4) is 0 Å². The van der Waals surface area contributed by atoms with Crippen molar-refractivity contribution < 1.29 is 9.15 Å². The minimum absolute atomic E-state index is 0.588. The van der Waals surface area contributed by atoms with Crippen LogP contribution < -0.4 is 5.32 Å². The van der Waals surface area contributed by atoms with Crippen LogP contribution in [0.25, 0.3) is 0 Å². The smallest absolute Gasteiger partial charge is 0.123 e. The van der Waals surface area contributed by atoms with Gasteiger partial charge >= 0.3 is 0 Å². The van der Waals surface area contributed by atoms with Crippen LogP contribution in [-0.2, 0) is 24.5 Å². The van der Waals surface area contributed by atoms with Crippen LogP contribution >= 0.6 is 15.9 Å². The fourth-order valence-corrected chi connectivity index (χ4v) is 2.53. The Balaban J connectivity index is 1.49. The predicted molar refractivity (Wildman–Crippen MR) is 81.2 cm³/mol. The summed E-state index contributed by atoms with van der Waals surface area (Å²) in [6, 6.07) is 10.9. The van der Waals surface area contributed by atoms with Gasteiger partial charge in [0.1, 0.15) is 5.76 Å². The molecule has 0 saturated heterocycles. The van der Waals surface area contributed by atoms with Gasteiger partial charge in [-0.05, 0) is 36.6 Å². The molecule has 1 saturated carbocycles. The zero-order chi connectivity index (χ0) is 13.8. The molecular weight excluding hydrogens is 318 g/mol. The van der Waals surface area contributed by atoms with Crippen LogP contribution in [0.5, 0.6) is 0 Å². The molecule has 0 atom stereocenters. The van der Waals surface area contributed by atoms with Crippen LogP contribution in [0, 0.1) is 0 Å². The molecule has 1 heterocycles. The molecule has 1 N–H and O–H groups in total. The van der Waals surface area contributed by atoms with Gasteiger partial charge < -0.3 is 14.5 Å². The fourth-order valence-electron chi connectivity index (χ4n) is 2.08. The summed E-state index contributed by atoms with van der Waals surface area (Å²) >= 11 is 3.47. The number of benzene rings is 1. The van der Waals surface area contributed by atoms with E-state index in [1.165, 1.54) is 18.4 Å². The van der Waals surface area contributed by atoms with Gasteiger partial charge in [-0.15, -0.1) is 0 Å². The highest BCUT2D eigenvalue weighted by molar-refractivity contribution is 9.10. The van der Waals surface area contributed by atoms with Crippen LogP contribution in [0.15, 0.2) is 45.5 Å². The number of rotatable bonds is 7. The second-order valence-corrected chi connectivity index (χ2v) is 6.06. The maximum absolute atomic E-state index is 5.77. The third-order valence-corrected chi connectivity index (χ3v) is 3.87. The van der Waals surface area contributed by atoms with Crippen molar-refractivity contribution in [2.24, 2.45) is 0 Å². The lowest BCUT2D eigenvalue weighted by molar-refractivity contribution is 0.106. The number of nitrogens with one attached hydrogen (secondary N) is 1. The molecule has 3 nitrogen and oxygen atoms in total. The van der Waals surface area contributed by atoms with E-state index in [9.17, 15) is 0 Å². The molecule has 4 heteroatoms. The number of halogens is 1. The normalized spacial score (nSPS) is 14.7. The molecule has 20 heavy (non-hydrogen) atoms. The van der Waals surface area contributed by atoms with Gasteiger partial charge in [-0.2, -0.15) is 0 Å². The quantitative estimate of drug-likeness (QED) is 0.830. The molecule has 0 spiro atoms. The van der Waals surface area contributed by atoms with E-state index in [1.54, 1.807) is 6.26 Å². The van der Waals surface area contributed by atoms with Crippen LogP contribution in [0.2, 0.25) is 0 Å². The van der Waals surface area contributed by atoms with E-state index in [1.807, 2.05) is 18.2 Å². The van der Waals surface area contributed by atoms with Gasteiger partial charge in [-0.1, -0.05) is 28.1 Å². The van der Waals surface area contributed by atoms with E-state index in [-0.39, 0.29) is 0 Å². The average Bonchev–Trinajstić information content (AvgIpc) is 3.16. The monoisotopic (exact) mass is 335 g/mol. The summed E-state index contributed by atoms with van der Waals surface area (Å²) in [6.45, 7) is 2.00.